The van der Waals surface area contributed by atoms with Gasteiger partial charge in [-0.2, -0.15) is 0 Å². The normalized spacial score (nSPS) is 10.8. The fourth-order valence-electron chi connectivity index (χ4n) is 2.10. The number of hydrogen-bond donors (Lipinski definition) is 1. The molecule has 0 radical (unpaired) electrons. The maximum Gasteiger partial charge on any atom is 0.104 e. The Hall–Kier alpha value is -1.49. The summed E-state index contributed by atoms with van der Waals surface area (Å²) in [6, 6.07) is 9.80. The Bertz CT molecular complexity index is 616. The molecule has 0 amide bonds. The summed E-state index contributed by atoms with van der Waals surface area (Å²) in [5, 5.41) is 0.702. The lowest BCUT2D eigenvalue weighted by atomic mass is 10.1. The van der Waals surface area contributed by atoms with Crippen LogP contribution in [-0.4, -0.2) is 21.4 Å². The molecule has 0 saturated carbocycles. The molecule has 2 rings (SSSR count). The van der Waals surface area contributed by atoms with Crippen LogP contribution < -0.4 is 5.73 Å². The number of nitrogens with zero attached hydrogens (tertiary/aromatic N) is 2. The summed E-state index contributed by atoms with van der Waals surface area (Å²) < 4.78 is 0. The van der Waals surface area contributed by atoms with Gasteiger partial charge in [-0.15, -0.1) is 0 Å². The molecule has 0 spiro atoms. The Kier molecular flexibility index (Phi) is 5.67. The number of pyridine rings is 1. The van der Waals surface area contributed by atoms with E-state index in [9.17, 15) is 0 Å². The zero-order chi connectivity index (χ0) is 15.2. The van der Waals surface area contributed by atoms with Crippen LogP contribution in [0.2, 0.25) is 5.02 Å². The highest BCUT2D eigenvalue weighted by atomic mass is 35.5. The first-order chi connectivity index (χ1) is 10.1. The Morgan fingerprint density at radius 2 is 1.95 bits per heavy atom. The molecule has 5 heteroatoms. The van der Waals surface area contributed by atoms with Crippen molar-refractivity contribution in [3.05, 3.63) is 64.4 Å². The summed E-state index contributed by atoms with van der Waals surface area (Å²) in [5.41, 5.74) is 8.74. The predicted octanol–water partition coefficient (Wildman–Crippen LogP) is 3.39. The second kappa shape index (κ2) is 7.50. The molecule has 0 aliphatic rings. The predicted molar refractivity (Wildman–Crippen MR) is 91.4 cm³/mol. The van der Waals surface area contributed by atoms with E-state index in [2.05, 4.69) is 16.8 Å². The minimum absolute atomic E-state index is 0.368. The van der Waals surface area contributed by atoms with Crippen LogP contribution in [0.5, 0.6) is 0 Å². The maximum absolute atomic E-state index is 6.33. The SMILES string of the molecule is CCN(Cc1ccncc1)Cc1ccc(C(N)=S)cc1Cl. The molecule has 0 unspecified atom stereocenters. The van der Waals surface area contributed by atoms with Crippen molar-refractivity contribution >= 4 is 28.8 Å². The van der Waals surface area contributed by atoms with E-state index in [1.807, 2.05) is 42.7 Å². The Labute approximate surface area is 135 Å². The molecular weight excluding hydrogens is 302 g/mol. The third kappa shape index (κ3) is 4.49. The minimum Gasteiger partial charge on any atom is -0.389 e. The van der Waals surface area contributed by atoms with Crippen LogP contribution in [0.1, 0.15) is 23.6 Å². The minimum atomic E-state index is 0.368. The lowest BCUT2D eigenvalue weighted by Gasteiger charge is -2.21. The van der Waals surface area contributed by atoms with Gasteiger partial charge in [0.2, 0.25) is 0 Å². The molecule has 1 aromatic carbocycles. The van der Waals surface area contributed by atoms with Crippen molar-refractivity contribution in [1.29, 1.82) is 0 Å². The fourth-order valence-corrected chi connectivity index (χ4v) is 2.46. The number of rotatable bonds is 6. The molecular formula is C16H18ClN3S. The molecule has 0 aliphatic carbocycles. The number of benzene rings is 1. The largest absolute Gasteiger partial charge is 0.389 e. The van der Waals surface area contributed by atoms with Gasteiger partial charge in [0.15, 0.2) is 0 Å². The van der Waals surface area contributed by atoms with Gasteiger partial charge in [0.05, 0.1) is 0 Å². The van der Waals surface area contributed by atoms with Gasteiger partial charge in [0, 0.05) is 36.1 Å². The second-order valence-corrected chi connectivity index (χ2v) is 5.68. The van der Waals surface area contributed by atoms with Crippen molar-refractivity contribution in [3.63, 3.8) is 0 Å². The summed E-state index contributed by atoms with van der Waals surface area (Å²) in [5.74, 6) is 0. The zero-order valence-electron chi connectivity index (χ0n) is 11.9. The topological polar surface area (TPSA) is 42.2 Å². The highest BCUT2D eigenvalue weighted by Gasteiger charge is 2.09. The van der Waals surface area contributed by atoms with Crippen molar-refractivity contribution < 1.29 is 0 Å². The van der Waals surface area contributed by atoms with Crippen LogP contribution in [0.4, 0.5) is 0 Å². The molecule has 3 nitrogen and oxygen atoms in total. The molecule has 0 saturated heterocycles. The van der Waals surface area contributed by atoms with Crippen LogP contribution in [0, 0.1) is 0 Å². The zero-order valence-corrected chi connectivity index (χ0v) is 13.5. The second-order valence-electron chi connectivity index (χ2n) is 4.83. The van der Waals surface area contributed by atoms with Crippen LogP contribution in [-0.2, 0) is 13.1 Å². The van der Waals surface area contributed by atoms with Gasteiger partial charge in [-0.1, -0.05) is 42.9 Å². The lowest BCUT2D eigenvalue weighted by molar-refractivity contribution is 0.271. The summed E-state index contributed by atoms with van der Waals surface area (Å²) in [6.07, 6.45) is 3.63. The average Bonchev–Trinajstić information content (AvgIpc) is 2.49. The maximum atomic E-state index is 6.33. The van der Waals surface area contributed by atoms with Gasteiger partial charge in [-0.05, 0) is 35.9 Å². The average molecular weight is 320 g/mol. The Morgan fingerprint density at radius 3 is 2.52 bits per heavy atom. The molecule has 1 heterocycles. The van der Waals surface area contributed by atoms with E-state index in [1.165, 1.54) is 5.56 Å². The van der Waals surface area contributed by atoms with Crippen LogP contribution >= 0.6 is 23.8 Å². The molecule has 0 fully saturated rings. The third-order valence-corrected chi connectivity index (χ3v) is 3.92. The molecule has 110 valence electrons. The molecule has 1 aromatic heterocycles. The summed E-state index contributed by atoms with van der Waals surface area (Å²) >= 11 is 11.3. The summed E-state index contributed by atoms with van der Waals surface area (Å²) in [6.45, 7) is 4.73. The molecule has 0 aliphatic heterocycles. The van der Waals surface area contributed by atoms with Crippen LogP contribution in [0.3, 0.4) is 0 Å². The standard InChI is InChI=1S/C16H18ClN3S/c1-2-20(10-12-5-7-19-8-6-12)11-14-4-3-13(16(18)21)9-15(14)17/h3-9H,2,10-11H2,1H3,(H2,18,21). The third-order valence-electron chi connectivity index (χ3n) is 3.33. The van der Waals surface area contributed by atoms with Gasteiger partial charge >= 0.3 is 0 Å². The first kappa shape index (κ1) is 15.9. The summed E-state index contributed by atoms with van der Waals surface area (Å²) in [7, 11) is 0. The number of nitrogens with two attached hydrogens (primary N) is 1. The van der Waals surface area contributed by atoms with E-state index >= 15 is 0 Å². The number of thiocarbonyl (C=S) groups is 1. The monoisotopic (exact) mass is 319 g/mol. The first-order valence-corrected chi connectivity index (χ1v) is 7.58. The van der Waals surface area contributed by atoms with E-state index in [-0.39, 0.29) is 0 Å². The van der Waals surface area contributed by atoms with Crippen LogP contribution in [0.25, 0.3) is 0 Å². The van der Waals surface area contributed by atoms with Gasteiger partial charge in [0.25, 0.3) is 0 Å². The van der Waals surface area contributed by atoms with E-state index in [0.717, 1.165) is 30.8 Å². The van der Waals surface area contributed by atoms with Gasteiger partial charge in [-0.3, -0.25) is 9.88 Å². The number of halogens is 1. The highest BCUT2D eigenvalue weighted by molar-refractivity contribution is 7.80. The molecule has 0 bridgehead atoms. The van der Waals surface area contributed by atoms with Crippen LogP contribution in [0.15, 0.2) is 42.7 Å². The number of hydrogen-bond acceptors (Lipinski definition) is 3. The van der Waals surface area contributed by atoms with Crippen molar-refractivity contribution in [1.82, 2.24) is 9.88 Å². The van der Waals surface area contributed by atoms with Gasteiger partial charge in [0.1, 0.15) is 4.99 Å². The van der Waals surface area contributed by atoms with E-state index in [0.29, 0.717) is 10.0 Å². The van der Waals surface area contributed by atoms with Crippen molar-refractivity contribution in [2.75, 3.05) is 6.54 Å². The Balaban J connectivity index is 2.10. The first-order valence-electron chi connectivity index (χ1n) is 6.79. The smallest absolute Gasteiger partial charge is 0.104 e. The molecule has 2 aromatic rings. The molecule has 21 heavy (non-hydrogen) atoms. The van der Waals surface area contributed by atoms with Gasteiger partial charge in [-0.25, -0.2) is 0 Å². The van der Waals surface area contributed by atoms with Gasteiger partial charge < -0.3 is 5.73 Å². The fraction of sp³-hybridized carbons (Fsp3) is 0.250. The molecule has 0 atom stereocenters. The quantitative estimate of drug-likeness (QED) is 0.829. The van der Waals surface area contributed by atoms with E-state index in [1.54, 1.807) is 0 Å². The summed E-state index contributed by atoms with van der Waals surface area (Å²) in [4.78, 5) is 6.72. The lowest BCUT2D eigenvalue weighted by Crippen LogP contribution is -2.22. The molecule has 2 N–H and O–H groups in total. The van der Waals surface area contributed by atoms with Crippen molar-refractivity contribution in [2.45, 2.75) is 20.0 Å². The van der Waals surface area contributed by atoms with E-state index < -0.39 is 0 Å². The van der Waals surface area contributed by atoms with Crippen molar-refractivity contribution in [2.24, 2.45) is 5.73 Å². The number of aromatic nitrogens is 1. The Morgan fingerprint density at radius 1 is 1.24 bits per heavy atom. The van der Waals surface area contributed by atoms with Crippen molar-refractivity contribution in [3.8, 4) is 0 Å². The highest BCUT2D eigenvalue weighted by Crippen LogP contribution is 2.20. The van der Waals surface area contributed by atoms with E-state index in [4.69, 9.17) is 29.6 Å².